The number of nitrogens with zero attached hydrogens (tertiary/aromatic N) is 3. The Morgan fingerprint density at radius 3 is 3.40 bits per heavy atom. The third kappa shape index (κ3) is 0.737. The summed E-state index contributed by atoms with van der Waals surface area (Å²) >= 11 is 0. The first kappa shape index (κ1) is 5.34. The molecule has 1 aromatic heterocycles. The fraction of sp³-hybridized carbons (Fsp3) is 0.167. The van der Waals surface area contributed by atoms with Gasteiger partial charge in [-0.05, 0) is 0 Å². The molecule has 0 atom stereocenters. The molecule has 0 saturated heterocycles. The average molecular weight is 135 g/mol. The zero-order chi connectivity index (χ0) is 6.81. The minimum absolute atomic E-state index is 0.365. The minimum Gasteiger partial charge on any atom is -0.478 e. The van der Waals surface area contributed by atoms with E-state index in [1.54, 1.807) is 12.5 Å². The molecule has 0 amide bonds. The van der Waals surface area contributed by atoms with Crippen LogP contribution in [-0.2, 0) is 4.74 Å². The summed E-state index contributed by atoms with van der Waals surface area (Å²) in [6.07, 6.45) is 4.76. The van der Waals surface area contributed by atoms with Gasteiger partial charge in [0.1, 0.15) is 6.33 Å². The van der Waals surface area contributed by atoms with Gasteiger partial charge in [0.05, 0.1) is 11.5 Å². The second-order valence-corrected chi connectivity index (χ2v) is 1.87. The molecule has 0 radical (unpaired) electrons. The molecule has 0 aromatic carbocycles. The van der Waals surface area contributed by atoms with Crippen LogP contribution in [0, 0.1) is 0 Å². The van der Waals surface area contributed by atoms with Crippen molar-refractivity contribution >= 4 is 6.26 Å². The Labute approximate surface area is 56.9 Å². The van der Waals surface area contributed by atoms with Crippen LogP contribution in [0.15, 0.2) is 17.5 Å². The zero-order valence-corrected chi connectivity index (χ0v) is 5.19. The molecule has 0 fully saturated rings. The summed E-state index contributed by atoms with van der Waals surface area (Å²) in [5.41, 5.74) is 0.709. The molecule has 2 heterocycles. The van der Waals surface area contributed by atoms with Gasteiger partial charge in [0.15, 0.2) is 12.2 Å². The fourth-order valence-electron chi connectivity index (χ4n) is 0.775. The maximum Gasteiger partial charge on any atom is 0.180 e. The molecule has 4 heteroatoms. The summed E-state index contributed by atoms with van der Waals surface area (Å²) in [4.78, 5) is 11.7. The van der Waals surface area contributed by atoms with Gasteiger partial charge in [-0.2, -0.15) is 0 Å². The summed E-state index contributed by atoms with van der Waals surface area (Å²) in [5, 5.41) is 0.841. The van der Waals surface area contributed by atoms with Gasteiger partial charge >= 0.3 is 0 Å². The lowest BCUT2D eigenvalue weighted by Crippen LogP contribution is -2.32. The molecule has 1 aromatic rings. The van der Waals surface area contributed by atoms with Gasteiger partial charge in [-0.25, -0.2) is 15.0 Å². The van der Waals surface area contributed by atoms with Gasteiger partial charge in [0, 0.05) is 6.20 Å². The third-order valence-electron chi connectivity index (χ3n) is 1.22. The van der Waals surface area contributed by atoms with E-state index in [9.17, 15) is 0 Å². The maximum atomic E-state index is 4.92. The molecule has 0 unspecified atom stereocenters. The highest BCUT2D eigenvalue weighted by Gasteiger charge is 1.92. The van der Waals surface area contributed by atoms with Crippen molar-refractivity contribution in [2.75, 3.05) is 6.73 Å². The summed E-state index contributed by atoms with van der Waals surface area (Å²) in [5.74, 6) is 0. The Balaban J connectivity index is 2.84. The largest absolute Gasteiger partial charge is 0.478 e. The van der Waals surface area contributed by atoms with E-state index in [2.05, 4.69) is 15.0 Å². The molecule has 4 nitrogen and oxygen atoms in total. The van der Waals surface area contributed by atoms with Crippen LogP contribution in [0.1, 0.15) is 0 Å². The Morgan fingerprint density at radius 1 is 1.50 bits per heavy atom. The second kappa shape index (κ2) is 2.06. The van der Waals surface area contributed by atoms with E-state index in [1.807, 2.05) is 0 Å². The van der Waals surface area contributed by atoms with Crippen molar-refractivity contribution < 1.29 is 4.74 Å². The van der Waals surface area contributed by atoms with Crippen molar-refractivity contribution in [2.24, 2.45) is 4.99 Å². The molecule has 1 aliphatic rings. The van der Waals surface area contributed by atoms with Crippen LogP contribution >= 0.6 is 0 Å². The number of rotatable bonds is 0. The third-order valence-corrected chi connectivity index (χ3v) is 1.22. The lowest BCUT2D eigenvalue weighted by molar-refractivity contribution is 0.294. The van der Waals surface area contributed by atoms with Crippen molar-refractivity contribution in [3.63, 3.8) is 0 Å². The lowest BCUT2D eigenvalue weighted by atomic mass is 10.5. The van der Waals surface area contributed by atoms with Gasteiger partial charge < -0.3 is 4.74 Å². The highest BCUT2D eigenvalue weighted by atomic mass is 16.5. The van der Waals surface area contributed by atoms with Crippen LogP contribution in [0.3, 0.4) is 0 Å². The Morgan fingerprint density at radius 2 is 2.50 bits per heavy atom. The predicted octanol–water partition coefficient (Wildman–Crippen LogP) is -1.18. The molecule has 1 aliphatic heterocycles. The van der Waals surface area contributed by atoms with E-state index in [-0.39, 0.29) is 0 Å². The van der Waals surface area contributed by atoms with E-state index >= 15 is 0 Å². The van der Waals surface area contributed by atoms with Gasteiger partial charge in [-0.3, -0.25) is 0 Å². The first-order valence-corrected chi connectivity index (χ1v) is 2.89. The molecule has 0 saturated carbocycles. The number of hydrogen-bond donors (Lipinski definition) is 0. The Bertz CT molecular complexity index is 311. The highest BCUT2D eigenvalue weighted by Crippen LogP contribution is 1.77. The van der Waals surface area contributed by atoms with Crippen molar-refractivity contribution in [1.82, 2.24) is 9.97 Å². The summed E-state index contributed by atoms with van der Waals surface area (Å²) < 4.78 is 4.92. The van der Waals surface area contributed by atoms with E-state index in [4.69, 9.17) is 4.74 Å². The monoisotopic (exact) mass is 135 g/mol. The molecule has 0 N–H and O–H groups in total. The number of hydrogen-bond acceptors (Lipinski definition) is 4. The minimum atomic E-state index is 0.365. The smallest absolute Gasteiger partial charge is 0.180 e. The molecule has 10 heavy (non-hydrogen) atoms. The molecule has 0 bridgehead atoms. The molecule has 0 aliphatic carbocycles. The highest BCUT2D eigenvalue weighted by molar-refractivity contribution is 5.11. The van der Waals surface area contributed by atoms with E-state index in [0.29, 0.717) is 12.2 Å². The van der Waals surface area contributed by atoms with Crippen molar-refractivity contribution in [3.8, 4) is 0 Å². The zero-order valence-electron chi connectivity index (χ0n) is 5.19. The first-order valence-electron chi connectivity index (χ1n) is 2.89. The Kier molecular flexibility index (Phi) is 1.10. The van der Waals surface area contributed by atoms with Crippen LogP contribution in [0.4, 0.5) is 0 Å². The maximum absolute atomic E-state index is 4.92. The van der Waals surface area contributed by atoms with Gasteiger partial charge in [0.25, 0.3) is 0 Å². The van der Waals surface area contributed by atoms with Gasteiger partial charge in [-0.1, -0.05) is 0 Å². The van der Waals surface area contributed by atoms with E-state index in [1.165, 1.54) is 6.33 Å². The predicted molar refractivity (Wildman–Crippen MR) is 33.2 cm³/mol. The number of aromatic nitrogens is 2. The van der Waals surface area contributed by atoms with Crippen LogP contribution in [0.5, 0.6) is 0 Å². The van der Waals surface area contributed by atoms with Crippen LogP contribution in [0.25, 0.3) is 6.26 Å². The van der Waals surface area contributed by atoms with E-state index < -0.39 is 0 Å². The van der Waals surface area contributed by atoms with Crippen LogP contribution in [0.2, 0.25) is 0 Å². The SMILES string of the molecule is C1=c2cncnc2=NCO1. The molecule has 50 valence electrons. The fourth-order valence-corrected chi connectivity index (χ4v) is 0.775. The summed E-state index contributed by atoms with van der Waals surface area (Å²) in [6.45, 7) is 0.365. The molecular weight excluding hydrogens is 130 g/mol. The normalized spacial score (nSPS) is 14.0. The molecule has 2 rings (SSSR count). The van der Waals surface area contributed by atoms with Crippen molar-refractivity contribution in [3.05, 3.63) is 23.2 Å². The average Bonchev–Trinajstić information content (AvgIpc) is 2.05. The first-order chi connectivity index (χ1) is 4.97. The topological polar surface area (TPSA) is 47.4 Å². The Hall–Kier alpha value is -1.45. The van der Waals surface area contributed by atoms with E-state index in [0.717, 1.165) is 5.22 Å². The van der Waals surface area contributed by atoms with Crippen LogP contribution in [-0.4, -0.2) is 16.7 Å². The molecule has 0 spiro atoms. The number of ether oxygens (including phenoxy) is 1. The second-order valence-electron chi connectivity index (χ2n) is 1.87. The summed E-state index contributed by atoms with van der Waals surface area (Å²) in [7, 11) is 0. The van der Waals surface area contributed by atoms with Gasteiger partial charge in [-0.15, -0.1) is 0 Å². The standard InChI is InChI=1S/C6H5N3O/c1-5-2-10-4-9-6(5)8-3-7-1/h1-3H,4H2. The number of fused-ring (bicyclic) bond motifs is 1. The van der Waals surface area contributed by atoms with Crippen molar-refractivity contribution in [1.29, 1.82) is 0 Å². The van der Waals surface area contributed by atoms with Gasteiger partial charge in [0.2, 0.25) is 0 Å². The van der Waals surface area contributed by atoms with Crippen molar-refractivity contribution in [2.45, 2.75) is 0 Å². The molecular formula is C6H5N3O. The quantitative estimate of drug-likeness (QED) is 0.450. The summed E-state index contributed by atoms with van der Waals surface area (Å²) in [6, 6.07) is 0. The lowest BCUT2D eigenvalue weighted by Gasteiger charge is -1.98. The van der Waals surface area contributed by atoms with Crippen LogP contribution < -0.4 is 10.7 Å².